The molecule has 5 nitrogen and oxygen atoms in total. The van der Waals surface area contributed by atoms with Crippen LogP contribution in [0, 0.1) is 11.3 Å². The van der Waals surface area contributed by atoms with Crippen LogP contribution >= 0.6 is 0 Å². The molecule has 3 saturated carbocycles. The van der Waals surface area contributed by atoms with Crippen molar-refractivity contribution in [2.45, 2.75) is 63.7 Å². The molecule has 0 aliphatic heterocycles. The Morgan fingerprint density at radius 1 is 1.12 bits per heavy atom. The molecule has 0 unspecified atom stereocenters. The second-order valence-corrected chi connectivity index (χ2v) is 8.05. The molecule has 0 bridgehead atoms. The second-order valence-electron chi connectivity index (χ2n) is 8.05. The summed E-state index contributed by atoms with van der Waals surface area (Å²) in [6.07, 6.45) is 11.5. The van der Waals surface area contributed by atoms with Gasteiger partial charge in [-0.3, -0.25) is 10.1 Å². The van der Waals surface area contributed by atoms with Crippen LogP contribution in [0.15, 0.2) is 18.2 Å². The first kappa shape index (κ1) is 14.4. The van der Waals surface area contributed by atoms with E-state index in [9.17, 15) is 4.79 Å². The summed E-state index contributed by atoms with van der Waals surface area (Å²) in [5.41, 5.74) is 2.76. The fourth-order valence-electron chi connectivity index (χ4n) is 4.55. The number of amides is 1. The maximum atomic E-state index is 11.9. The van der Waals surface area contributed by atoms with Crippen molar-refractivity contribution in [3.63, 3.8) is 0 Å². The first-order valence-corrected chi connectivity index (χ1v) is 9.39. The molecule has 5 rings (SSSR count). The highest BCUT2D eigenvalue weighted by Crippen LogP contribution is 2.54. The van der Waals surface area contributed by atoms with Crippen molar-refractivity contribution in [1.82, 2.24) is 14.6 Å². The van der Waals surface area contributed by atoms with E-state index in [1.165, 1.54) is 50.6 Å². The van der Waals surface area contributed by atoms with Crippen LogP contribution in [0.5, 0.6) is 0 Å². The van der Waals surface area contributed by atoms with Crippen molar-refractivity contribution in [3.05, 3.63) is 23.9 Å². The van der Waals surface area contributed by atoms with E-state index in [4.69, 9.17) is 0 Å². The van der Waals surface area contributed by atoms with Crippen LogP contribution in [0.2, 0.25) is 0 Å². The van der Waals surface area contributed by atoms with Crippen LogP contribution in [0.3, 0.4) is 0 Å². The zero-order valence-electron chi connectivity index (χ0n) is 14.0. The average molecular weight is 324 g/mol. The number of aromatic nitrogens is 3. The summed E-state index contributed by atoms with van der Waals surface area (Å²) in [5.74, 6) is 1.25. The number of carbonyl (C=O) groups is 1. The summed E-state index contributed by atoms with van der Waals surface area (Å²) in [4.78, 5) is 16.4. The molecule has 1 spiro atoms. The minimum absolute atomic E-state index is 0.0667. The Balaban J connectivity index is 1.39. The van der Waals surface area contributed by atoms with E-state index in [1.54, 1.807) is 0 Å². The Bertz CT molecular complexity index is 778. The molecule has 3 fully saturated rings. The SMILES string of the molecule is O=C(Nc1nc2cccc(C3CCC4(CCC4)CC3)n2n1)C1CC1. The van der Waals surface area contributed by atoms with E-state index in [0.717, 1.165) is 18.5 Å². The van der Waals surface area contributed by atoms with Gasteiger partial charge in [-0.1, -0.05) is 12.5 Å². The predicted molar refractivity (Wildman–Crippen MR) is 91.8 cm³/mol. The third-order valence-electron chi connectivity index (χ3n) is 6.45. The van der Waals surface area contributed by atoms with Crippen molar-refractivity contribution >= 4 is 17.5 Å². The molecule has 1 amide bonds. The summed E-state index contributed by atoms with van der Waals surface area (Å²) in [5, 5.41) is 7.45. The van der Waals surface area contributed by atoms with Gasteiger partial charge < -0.3 is 0 Å². The van der Waals surface area contributed by atoms with Gasteiger partial charge in [-0.2, -0.15) is 4.98 Å². The minimum atomic E-state index is 0.0667. The highest BCUT2D eigenvalue weighted by Gasteiger charge is 2.40. The van der Waals surface area contributed by atoms with Crippen LogP contribution in [-0.2, 0) is 4.79 Å². The van der Waals surface area contributed by atoms with Crippen LogP contribution in [0.4, 0.5) is 5.95 Å². The maximum absolute atomic E-state index is 11.9. The van der Waals surface area contributed by atoms with Gasteiger partial charge >= 0.3 is 0 Å². The molecule has 3 aliphatic rings. The number of nitrogens with zero attached hydrogens (tertiary/aromatic N) is 3. The average Bonchev–Trinajstić information content (AvgIpc) is 3.34. The molecule has 0 saturated heterocycles. The number of pyridine rings is 1. The van der Waals surface area contributed by atoms with Gasteiger partial charge in [0.25, 0.3) is 0 Å². The van der Waals surface area contributed by atoms with E-state index in [2.05, 4.69) is 27.5 Å². The molecule has 0 aromatic carbocycles. The lowest BCUT2D eigenvalue weighted by Crippen LogP contribution is -2.33. The lowest BCUT2D eigenvalue weighted by atomic mass is 9.59. The van der Waals surface area contributed by atoms with E-state index in [1.807, 2.05) is 10.6 Å². The van der Waals surface area contributed by atoms with Crippen molar-refractivity contribution in [2.24, 2.45) is 11.3 Å². The minimum Gasteiger partial charge on any atom is -0.293 e. The number of hydrogen-bond donors (Lipinski definition) is 1. The summed E-state index contributed by atoms with van der Waals surface area (Å²) >= 11 is 0. The Labute approximate surface area is 141 Å². The smallest absolute Gasteiger partial charge is 0.249 e. The quantitative estimate of drug-likeness (QED) is 0.931. The normalized spacial score (nSPS) is 23.3. The van der Waals surface area contributed by atoms with E-state index >= 15 is 0 Å². The van der Waals surface area contributed by atoms with Crippen molar-refractivity contribution in [2.75, 3.05) is 5.32 Å². The lowest BCUT2D eigenvalue weighted by molar-refractivity contribution is -0.117. The number of rotatable bonds is 3. The monoisotopic (exact) mass is 324 g/mol. The van der Waals surface area contributed by atoms with Crippen molar-refractivity contribution < 1.29 is 4.79 Å². The molecule has 24 heavy (non-hydrogen) atoms. The van der Waals surface area contributed by atoms with Gasteiger partial charge in [-0.15, -0.1) is 5.10 Å². The Hall–Kier alpha value is -1.91. The summed E-state index contributed by atoms with van der Waals surface area (Å²) < 4.78 is 1.95. The Morgan fingerprint density at radius 2 is 1.92 bits per heavy atom. The first-order chi connectivity index (χ1) is 11.7. The van der Waals surface area contributed by atoms with Gasteiger partial charge in [-0.25, -0.2) is 4.52 Å². The van der Waals surface area contributed by atoms with Crippen LogP contribution in [0.25, 0.3) is 5.65 Å². The van der Waals surface area contributed by atoms with E-state index in [-0.39, 0.29) is 11.8 Å². The number of nitrogens with one attached hydrogen (secondary N) is 1. The first-order valence-electron chi connectivity index (χ1n) is 9.39. The number of fused-ring (bicyclic) bond motifs is 1. The highest BCUT2D eigenvalue weighted by molar-refractivity contribution is 5.92. The van der Waals surface area contributed by atoms with Gasteiger partial charge in [0, 0.05) is 17.5 Å². The molecule has 5 heteroatoms. The van der Waals surface area contributed by atoms with Gasteiger partial charge in [0.2, 0.25) is 11.9 Å². The van der Waals surface area contributed by atoms with Gasteiger partial charge in [0.1, 0.15) is 0 Å². The molecule has 0 radical (unpaired) electrons. The zero-order valence-corrected chi connectivity index (χ0v) is 14.0. The van der Waals surface area contributed by atoms with Crippen LogP contribution < -0.4 is 5.32 Å². The maximum Gasteiger partial charge on any atom is 0.249 e. The largest absolute Gasteiger partial charge is 0.293 e. The number of hydrogen-bond acceptors (Lipinski definition) is 3. The van der Waals surface area contributed by atoms with Gasteiger partial charge in [0.05, 0.1) is 0 Å². The lowest BCUT2D eigenvalue weighted by Gasteiger charge is -2.47. The highest BCUT2D eigenvalue weighted by atomic mass is 16.2. The van der Waals surface area contributed by atoms with Crippen LogP contribution in [0.1, 0.15) is 69.4 Å². The fraction of sp³-hybridized carbons (Fsp3) is 0.632. The van der Waals surface area contributed by atoms with Crippen molar-refractivity contribution in [1.29, 1.82) is 0 Å². The van der Waals surface area contributed by atoms with Gasteiger partial charge in [0.15, 0.2) is 5.65 Å². The summed E-state index contributed by atoms with van der Waals surface area (Å²) in [7, 11) is 0. The molecule has 2 aromatic heterocycles. The molecular formula is C19H24N4O. The molecular weight excluding hydrogens is 300 g/mol. The van der Waals surface area contributed by atoms with E-state index < -0.39 is 0 Å². The third-order valence-corrected chi connectivity index (χ3v) is 6.45. The second kappa shape index (κ2) is 5.30. The van der Waals surface area contributed by atoms with Gasteiger partial charge in [-0.05, 0) is 68.9 Å². The molecule has 126 valence electrons. The summed E-state index contributed by atoms with van der Waals surface area (Å²) in [6, 6.07) is 6.22. The van der Waals surface area contributed by atoms with Crippen LogP contribution in [-0.4, -0.2) is 20.5 Å². The molecule has 2 aromatic rings. The fourth-order valence-corrected chi connectivity index (χ4v) is 4.55. The van der Waals surface area contributed by atoms with Crippen molar-refractivity contribution in [3.8, 4) is 0 Å². The summed E-state index contributed by atoms with van der Waals surface area (Å²) in [6.45, 7) is 0. The topological polar surface area (TPSA) is 59.3 Å². The predicted octanol–water partition coefficient (Wildman–Crippen LogP) is 3.91. The number of carbonyl (C=O) groups excluding carboxylic acids is 1. The molecule has 0 atom stereocenters. The standard InChI is InChI=1S/C19H24N4O/c24-17(14-5-6-14)21-18-20-16-4-1-3-15(23(16)22-18)13-7-11-19(12-8-13)9-2-10-19/h1,3-4,13-14H,2,5-12H2,(H,21,22,24). The zero-order chi connectivity index (χ0) is 16.1. The molecule has 1 N–H and O–H groups in total. The third kappa shape index (κ3) is 2.41. The Morgan fingerprint density at radius 3 is 2.58 bits per heavy atom. The Kier molecular flexibility index (Phi) is 3.19. The number of anilines is 1. The molecule has 3 aliphatic carbocycles. The molecule has 2 heterocycles. The van der Waals surface area contributed by atoms with E-state index in [0.29, 0.717) is 17.3 Å².